The molecule has 0 spiro atoms. The molecular weight excluding hydrogens is 188 g/mol. The Morgan fingerprint density at radius 1 is 1.36 bits per heavy atom. The van der Waals surface area contributed by atoms with Gasteiger partial charge in [-0.1, -0.05) is 12.1 Å². The average Bonchev–Trinajstić information content (AvgIpc) is 2.57. The number of para-hydroxylation sites is 2. The molecule has 0 radical (unpaired) electrons. The van der Waals surface area contributed by atoms with Crippen LogP contribution in [0.3, 0.4) is 0 Å². The summed E-state index contributed by atoms with van der Waals surface area (Å²) in [5.74, 6) is -2.64. The predicted molar refractivity (Wildman–Crippen MR) is 45.1 cm³/mol. The highest BCUT2D eigenvalue weighted by Crippen LogP contribution is 2.39. The summed E-state index contributed by atoms with van der Waals surface area (Å²) in [5.41, 5.74) is 0. The van der Waals surface area contributed by atoms with E-state index in [0.29, 0.717) is 11.5 Å². The third-order valence-corrected chi connectivity index (χ3v) is 1.87. The lowest BCUT2D eigenvalue weighted by Gasteiger charge is -2.19. The Labute approximate surface area is 79.8 Å². The molecule has 0 amide bonds. The number of ether oxygens (including phenoxy) is 3. The molecule has 5 nitrogen and oxygen atoms in total. The van der Waals surface area contributed by atoms with Crippen molar-refractivity contribution in [2.75, 3.05) is 7.11 Å². The number of fused-ring (bicyclic) bond motifs is 1. The predicted octanol–water partition coefficient (Wildman–Crippen LogP) is 0.843. The molecule has 0 fully saturated rings. The fourth-order valence-electron chi connectivity index (χ4n) is 1.19. The standard InChI is InChI=1S/C9H8O5/c1-12-9(8(10)11)13-6-4-2-3-5-7(6)14-9/h2-5H,1H3,(H,10,11). The van der Waals surface area contributed by atoms with Crippen molar-refractivity contribution in [3.63, 3.8) is 0 Å². The van der Waals surface area contributed by atoms with Gasteiger partial charge >= 0.3 is 11.9 Å². The maximum atomic E-state index is 10.8. The molecule has 1 aromatic rings. The highest BCUT2D eigenvalue weighted by Gasteiger charge is 2.50. The monoisotopic (exact) mass is 196 g/mol. The first kappa shape index (κ1) is 8.83. The SMILES string of the molecule is COC1(C(=O)O)Oc2ccccc2O1. The second kappa shape index (κ2) is 2.88. The van der Waals surface area contributed by atoms with Gasteiger partial charge in [-0.15, -0.1) is 0 Å². The molecule has 1 heterocycles. The molecule has 5 heteroatoms. The molecule has 1 N–H and O–H groups in total. The molecule has 0 unspecified atom stereocenters. The lowest BCUT2D eigenvalue weighted by Crippen LogP contribution is -2.48. The summed E-state index contributed by atoms with van der Waals surface area (Å²) in [7, 11) is 1.21. The molecule has 14 heavy (non-hydrogen) atoms. The van der Waals surface area contributed by atoms with Gasteiger partial charge in [-0.25, -0.2) is 4.79 Å². The number of carbonyl (C=O) groups is 1. The van der Waals surface area contributed by atoms with Gasteiger partial charge in [0.05, 0.1) is 0 Å². The normalized spacial score (nSPS) is 16.6. The van der Waals surface area contributed by atoms with Crippen molar-refractivity contribution in [1.29, 1.82) is 0 Å². The van der Waals surface area contributed by atoms with Crippen LogP contribution >= 0.6 is 0 Å². The molecule has 0 saturated carbocycles. The van der Waals surface area contributed by atoms with Gasteiger partial charge in [-0.3, -0.25) is 0 Å². The Morgan fingerprint density at radius 3 is 2.21 bits per heavy atom. The molecule has 0 bridgehead atoms. The Balaban J connectivity index is 2.37. The summed E-state index contributed by atoms with van der Waals surface area (Å²) < 4.78 is 14.8. The number of methoxy groups -OCH3 is 1. The molecule has 1 aliphatic rings. The van der Waals surface area contributed by atoms with E-state index < -0.39 is 11.9 Å². The lowest BCUT2D eigenvalue weighted by molar-refractivity contribution is -0.266. The van der Waals surface area contributed by atoms with Crippen molar-refractivity contribution < 1.29 is 24.1 Å². The molecule has 0 atom stereocenters. The Kier molecular flexibility index (Phi) is 1.82. The molecule has 0 aromatic heterocycles. The fraction of sp³-hybridized carbons (Fsp3) is 0.222. The van der Waals surface area contributed by atoms with E-state index >= 15 is 0 Å². The van der Waals surface area contributed by atoms with Gasteiger partial charge in [0.25, 0.3) is 0 Å². The van der Waals surface area contributed by atoms with E-state index in [1.807, 2.05) is 0 Å². The van der Waals surface area contributed by atoms with Crippen molar-refractivity contribution in [2.24, 2.45) is 0 Å². The summed E-state index contributed by atoms with van der Waals surface area (Å²) in [5, 5.41) is 8.86. The van der Waals surface area contributed by atoms with Crippen LogP contribution in [0.15, 0.2) is 24.3 Å². The highest BCUT2D eigenvalue weighted by molar-refractivity contribution is 5.76. The van der Waals surface area contributed by atoms with Crippen LogP contribution in [0.25, 0.3) is 0 Å². The number of carboxylic acid groups (broad SMARTS) is 1. The van der Waals surface area contributed by atoms with Crippen LogP contribution in [-0.2, 0) is 9.53 Å². The first-order valence-corrected chi connectivity index (χ1v) is 3.93. The van der Waals surface area contributed by atoms with Crippen molar-refractivity contribution in [1.82, 2.24) is 0 Å². The summed E-state index contributed by atoms with van der Waals surface area (Å²) in [6.07, 6.45) is 0. The van der Waals surface area contributed by atoms with Crippen molar-refractivity contribution >= 4 is 5.97 Å². The Morgan fingerprint density at radius 2 is 1.86 bits per heavy atom. The van der Waals surface area contributed by atoms with Gasteiger partial charge in [0.2, 0.25) is 0 Å². The van der Waals surface area contributed by atoms with E-state index in [-0.39, 0.29) is 0 Å². The van der Waals surface area contributed by atoms with Gasteiger partial charge < -0.3 is 19.3 Å². The largest absolute Gasteiger partial charge is 0.477 e. The van der Waals surface area contributed by atoms with Gasteiger partial charge in [0, 0.05) is 7.11 Å². The van der Waals surface area contributed by atoms with E-state index in [0.717, 1.165) is 0 Å². The summed E-state index contributed by atoms with van der Waals surface area (Å²) in [4.78, 5) is 10.8. The number of hydrogen-bond donors (Lipinski definition) is 1. The maximum absolute atomic E-state index is 10.8. The number of aliphatic carboxylic acids is 1. The third-order valence-electron chi connectivity index (χ3n) is 1.87. The van der Waals surface area contributed by atoms with E-state index in [2.05, 4.69) is 0 Å². The van der Waals surface area contributed by atoms with Crippen LogP contribution in [0.1, 0.15) is 0 Å². The molecule has 2 rings (SSSR count). The molecular formula is C9H8O5. The number of benzene rings is 1. The number of hydrogen-bond acceptors (Lipinski definition) is 4. The average molecular weight is 196 g/mol. The lowest BCUT2D eigenvalue weighted by atomic mass is 10.3. The van der Waals surface area contributed by atoms with Crippen LogP contribution in [0.2, 0.25) is 0 Å². The second-order valence-corrected chi connectivity index (χ2v) is 2.72. The quantitative estimate of drug-likeness (QED) is 0.759. The third kappa shape index (κ3) is 1.10. The van der Waals surface area contributed by atoms with Gasteiger partial charge in [0.1, 0.15) is 0 Å². The molecule has 74 valence electrons. The first-order chi connectivity index (χ1) is 6.68. The van der Waals surface area contributed by atoms with Gasteiger partial charge in [-0.05, 0) is 12.1 Å². The molecule has 1 aromatic carbocycles. The van der Waals surface area contributed by atoms with Crippen molar-refractivity contribution in [3.8, 4) is 11.5 Å². The van der Waals surface area contributed by atoms with E-state index in [1.54, 1.807) is 24.3 Å². The Bertz CT molecular complexity index is 348. The minimum Gasteiger partial charge on any atom is -0.473 e. The zero-order valence-electron chi connectivity index (χ0n) is 7.39. The zero-order chi connectivity index (χ0) is 10.2. The molecule has 1 aliphatic heterocycles. The van der Waals surface area contributed by atoms with E-state index in [4.69, 9.17) is 19.3 Å². The molecule has 0 aliphatic carbocycles. The number of carboxylic acids is 1. The summed E-state index contributed by atoms with van der Waals surface area (Å²) >= 11 is 0. The maximum Gasteiger partial charge on any atom is 0.477 e. The zero-order valence-corrected chi connectivity index (χ0v) is 7.39. The van der Waals surface area contributed by atoms with Gasteiger partial charge in [0.15, 0.2) is 11.5 Å². The first-order valence-electron chi connectivity index (χ1n) is 3.93. The highest BCUT2D eigenvalue weighted by atomic mass is 16.9. The van der Waals surface area contributed by atoms with Crippen LogP contribution < -0.4 is 9.47 Å². The minimum atomic E-state index is -2.04. The minimum absolute atomic E-state index is 0.358. The van der Waals surface area contributed by atoms with Crippen LogP contribution in [0, 0.1) is 0 Å². The summed E-state index contributed by atoms with van der Waals surface area (Å²) in [6.45, 7) is 0. The van der Waals surface area contributed by atoms with Crippen molar-refractivity contribution in [3.05, 3.63) is 24.3 Å². The van der Waals surface area contributed by atoms with Crippen molar-refractivity contribution in [2.45, 2.75) is 5.97 Å². The molecule has 0 saturated heterocycles. The van der Waals surface area contributed by atoms with Crippen LogP contribution in [0.4, 0.5) is 0 Å². The number of rotatable bonds is 2. The van der Waals surface area contributed by atoms with E-state index in [9.17, 15) is 4.79 Å². The van der Waals surface area contributed by atoms with Crippen LogP contribution in [0.5, 0.6) is 11.5 Å². The van der Waals surface area contributed by atoms with E-state index in [1.165, 1.54) is 7.11 Å². The fourth-order valence-corrected chi connectivity index (χ4v) is 1.19. The van der Waals surface area contributed by atoms with Crippen LogP contribution in [-0.4, -0.2) is 24.2 Å². The summed E-state index contributed by atoms with van der Waals surface area (Å²) in [6, 6.07) is 6.66. The van der Waals surface area contributed by atoms with Gasteiger partial charge in [-0.2, -0.15) is 0 Å². The topological polar surface area (TPSA) is 65.0 Å². The smallest absolute Gasteiger partial charge is 0.473 e. The second-order valence-electron chi connectivity index (χ2n) is 2.72. The Hall–Kier alpha value is -1.75.